The second-order valence-corrected chi connectivity index (χ2v) is 7.41. The maximum absolute atomic E-state index is 13.0. The van der Waals surface area contributed by atoms with Gasteiger partial charge in [0.2, 0.25) is 0 Å². The van der Waals surface area contributed by atoms with Crippen molar-refractivity contribution in [3.8, 4) is 28.4 Å². The average molecular weight is 431 g/mol. The van der Waals surface area contributed by atoms with Crippen molar-refractivity contribution in [3.63, 3.8) is 0 Å². The maximum Gasteiger partial charge on any atom is 0.255 e. The summed E-state index contributed by atoms with van der Waals surface area (Å²) in [6.07, 6.45) is 1.72. The molecule has 1 heterocycles. The standard InChI is InChI=1S/C22H26N4O3.ClH/c1-22(2,23)14-24-21(27)18-13-26(15-8-6-5-7-9-15)25-20(18)17-11-10-16(28-3)12-19(17)29-4;/h5-13H,14,23H2,1-4H3,(H,24,27);1H. The molecule has 160 valence electrons. The Bertz CT molecular complexity index is 997. The zero-order chi connectivity index (χ0) is 21.0. The number of para-hydroxylation sites is 1. The van der Waals surface area contributed by atoms with Crippen LogP contribution in [0.3, 0.4) is 0 Å². The molecule has 3 aromatic rings. The average Bonchev–Trinajstić information content (AvgIpc) is 3.17. The van der Waals surface area contributed by atoms with Crippen LogP contribution < -0.4 is 20.5 Å². The van der Waals surface area contributed by atoms with Crippen LogP contribution in [-0.2, 0) is 0 Å². The van der Waals surface area contributed by atoms with Crippen molar-refractivity contribution < 1.29 is 14.3 Å². The summed E-state index contributed by atoms with van der Waals surface area (Å²) < 4.78 is 12.5. The Morgan fingerprint density at radius 1 is 1.13 bits per heavy atom. The number of nitrogens with two attached hydrogens (primary N) is 1. The summed E-state index contributed by atoms with van der Waals surface area (Å²) in [4.78, 5) is 13.0. The van der Waals surface area contributed by atoms with E-state index in [1.807, 2.05) is 56.3 Å². The number of carbonyl (C=O) groups excluding carboxylic acids is 1. The smallest absolute Gasteiger partial charge is 0.255 e. The summed E-state index contributed by atoms with van der Waals surface area (Å²) >= 11 is 0. The number of benzene rings is 2. The summed E-state index contributed by atoms with van der Waals surface area (Å²) in [7, 11) is 3.16. The van der Waals surface area contributed by atoms with Crippen LogP contribution in [0.15, 0.2) is 54.7 Å². The Labute approximate surface area is 182 Å². The first-order valence-corrected chi connectivity index (χ1v) is 9.27. The first-order chi connectivity index (χ1) is 13.8. The monoisotopic (exact) mass is 430 g/mol. The number of hydrogen-bond donors (Lipinski definition) is 2. The van der Waals surface area contributed by atoms with E-state index in [0.29, 0.717) is 34.9 Å². The van der Waals surface area contributed by atoms with E-state index in [-0.39, 0.29) is 18.3 Å². The minimum absolute atomic E-state index is 0. The lowest BCUT2D eigenvalue weighted by atomic mass is 10.0. The molecule has 7 nitrogen and oxygen atoms in total. The molecule has 1 amide bonds. The molecular weight excluding hydrogens is 404 g/mol. The number of ether oxygens (including phenoxy) is 2. The van der Waals surface area contributed by atoms with Crippen LogP contribution in [-0.4, -0.2) is 42.0 Å². The molecule has 1 aromatic heterocycles. The zero-order valence-corrected chi connectivity index (χ0v) is 18.3. The quantitative estimate of drug-likeness (QED) is 0.599. The highest BCUT2D eigenvalue weighted by molar-refractivity contribution is 6.00. The molecule has 0 bridgehead atoms. The van der Waals surface area contributed by atoms with Gasteiger partial charge in [-0.15, -0.1) is 12.4 Å². The molecule has 3 rings (SSSR count). The summed E-state index contributed by atoms with van der Waals surface area (Å²) in [5.74, 6) is 0.971. The van der Waals surface area contributed by atoms with Gasteiger partial charge in [0.05, 0.1) is 25.5 Å². The maximum atomic E-state index is 13.0. The third kappa shape index (κ3) is 5.31. The molecule has 0 atom stereocenters. The van der Waals surface area contributed by atoms with Gasteiger partial charge in [-0.1, -0.05) is 18.2 Å². The topological polar surface area (TPSA) is 91.4 Å². The minimum Gasteiger partial charge on any atom is -0.497 e. The van der Waals surface area contributed by atoms with Crippen molar-refractivity contribution in [1.82, 2.24) is 15.1 Å². The van der Waals surface area contributed by atoms with Gasteiger partial charge in [0.15, 0.2) is 0 Å². The molecule has 0 aliphatic rings. The van der Waals surface area contributed by atoms with Gasteiger partial charge in [0, 0.05) is 29.9 Å². The highest BCUT2D eigenvalue weighted by atomic mass is 35.5. The Kier molecular flexibility index (Phi) is 7.48. The Morgan fingerprint density at radius 3 is 2.43 bits per heavy atom. The fraction of sp³-hybridized carbons (Fsp3) is 0.273. The van der Waals surface area contributed by atoms with E-state index in [9.17, 15) is 4.79 Å². The third-order valence-electron chi connectivity index (χ3n) is 4.35. The molecule has 0 aliphatic carbocycles. The second kappa shape index (κ2) is 9.65. The minimum atomic E-state index is -0.525. The number of halogens is 1. The molecule has 0 radical (unpaired) electrons. The largest absolute Gasteiger partial charge is 0.497 e. The van der Waals surface area contributed by atoms with Crippen molar-refractivity contribution >= 4 is 18.3 Å². The Hall–Kier alpha value is -3.03. The molecule has 0 fully saturated rings. The molecule has 8 heteroatoms. The van der Waals surface area contributed by atoms with E-state index in [0.717, 1.165) is 5.69 Å². The number of nitrogens with zero attached hydrogens (tertiary/aromatic N) is 2. The molecule has 3 N–H and O–H groups in total. The molecule has 0 unspecified atom stereocenters. The molecule has 0 spiro atoms. The van der Waals surface area contributed by atoms with Crippen LogP contribution in [0.25, 0.3) is 16.9 Å². The predicted octanol–water partition coefficient (Wildman–Crippen LogP) is 3.45. The Balaban J connectivity index is 0.00000320. The first kappa shape index (κ1) is 23.3. The molecule has 0 saturated carbocycles. The fourth-order valence-corrected chi connectivity index (χ4v) is 2.85. The summed E-state index contributed by atoms with van der Waals surface area (Å²) in [5.41, 5.74) is 7.98. The number of aromatic nitrogens is 2. The van der Waals surface area contributed by atoms with Gasteiger partial charge in [-0.2, -0.15) is 5.10 Å². The zero-order valence-electron chi connectivity index (χ0n) is 17.5. The second-order valence-electron chi connectivity index (χ2n) is 7.41. The van der Waals surface area contributed by atoms with Crippen molar-refractivity contribution in [3.05, 3.63) is 60.3 Å². The lowest BCUT2D eigenvalue weighted by Crippen LogP contribution is -2.45. The van der Waals surface area contributed by atoms with Gasteiger partial charge in [-0.25, -0.2) is 4.68 Å². The molecule has 0 saturated heterocycles. The normalized spacial score (nSPS) is 10.8. The van der Waals surface area contributed by atoms with Crippen molar-refractivity contribution in [2.24, 2.45) is 5.73 Å². The van der Waals surface area contributed by atoms with Crippen molar-refractivity contribution in [2.75, 3.05) is 20.8 Å². The van der Waals surface area contributed by atoms with E-state index < -0.39 is 5.54 Å². The number of amides is 1. The van der Waals surface area contributed by atoms with Crippen LogP contribution in [0.4, 0.5) is 0 Å². The van der Waals surface area contributed by atoms with Gasteiger partial charge in [-0.05, 0) is 38.1 Å². The number of carbonyl (C=O) groups is 1. The third-order valence-corrected chi connectivity index (χ3v) is 4.35. The van der Waals surface area contributed by atoms with Crippen LogP contribution in [0.5, 0.6) is 11.5 Å². The van der Waals surface area contributed by atoms with E-state index >= 15 is 0 Å². The van der Waals surface area contributed by atoms with E-state index in [1.54, 1.807) is 31.2 Å². The highest BCUT2D eigenvalue weighted by Gasteiger charge is 2.23. The van der Waals surface area contributed by atoms with Crippen LogP contribution in [0, 0.1) is 0 Å². The fourth-order valence-electron chi connectivity index (χ4n) is 2.85. The highest BCUT2D eigenvalue weighted by Crippen LogP contribution is 2.34. The number of nitrogens with one attached hydrogen (secondary N) is 1. The number of rotatable bonds is 7. The molecule has 2 aromatic carbocycles. The van der Waals surface area contributed by atoms with Crippen LogP contribution in [0.1, 0.15) is 24.2 Å². The van der Waals surface area contributed by atoms with Crippen LogP contribution >= 0.6 is 12.4 Å². The predicted molar refractivity (Wildman–Crippen MR) is 120 cm³/mol. The first-order valence-electron chi connectivity index (χ1n) is 9.27. The molecule has 30 heavy (non-hydrogen) atoms. The van der Waals surface area contributed by atoms with E-state index in [2.05, 4.69) is 10.4 Å². The van der Waals surface area contributed by atoms with Crippen molar-refractivity contribution in [1.29, 1.82) is 0 Å². The molecular formula is C22H27ClN4O3. The molecule has 0 aliphatic heterocycles. The summed E-state index contributed by atoms with van der Waals surface area (Å²) in [5, 5.41) is 7.58. The van der Waals surface area contributed by atoms with E-state index in [1.165, 1.54) is 0 Å². The van der Waals surface area contributed by atoms with Gasteiger partial charge < -0.3 is 20.5 Å². The van der Waals surface area contributed by atoms with Gasteiger partial charge >= 0.3 is 0 Å². The van der Waals surface area contributed by atoms with Gasteiger partial charge in [0.25, 0.3) is 5.91 Å². The Morgan fingerprint density at radius 2 is 1.83 bits per heavy atom. The summed E-state index contributed by atoms with van der Waals surface area (Å²) in [6, 6.07) is 15.0. The SMILES string of the molecule is COc1ccc(-c2nn(-c3ccccc3)cc2C(=O)NCC(C)(C)N)c(OC)c1.Cl. The van der Waals surface area contributed by atoms with Crippen molar-refractivity contribution in [2.45, 2.75) is 19.4 Å². The van der Waals surface area contributed by atoms with Gasteiger partial charge in [-0.3, -0.25) is 4.79 Å². The van der Waals surface area contributed by atoms with E-state index in [4.69, 9.17) is 15.2 Å². The lowest BCUT2D eigenvalue weighted by molar-refractivity contribution is 0.0946. The van der Waals surface area contributed by atoms with Crippen LogP contribution in [0.2, 0.25) is 0 Å². The number of hydrogen-bond acceptors (Lipinski definition) is 5. The number of methoxy groups -OCH3 is 2. The van der Waals surface area contributed by atoms with Gasteiger partial charge in [0.1, 0.15) is 17.2 Å². The summed E-state index contributed by atoms with van der Waals surface area (Å²) in [6.45, 7) is 4.05. The lowest BCUT2D eigenvalue weighted by Gasteiger charge is -2.18.